The fraction of sp³-hybridized carbons (Fsp3) is 0.0588. The molecule has 23 heavy (non-hydrogen) atoms. The molecule has 1 amide bonds. The zero-order chi connectivity index (χ0) is 16.2. The van der Waals surface area contributed by atoms with E-state index in [-0.39, 0.29) is 11.5 Å². The topological polar surface area (TPSA) is 84.1 Å². The van der Waals surface area contributed by atoms with Gasteiger partial charge in [0.1, 0.15) is 5.58 Å². The first-order chi connectivity index (χ1) is 11.2. The molecule has 0 spiro atoms. The van der Waals surface area contributed by atoms with Crippen LogP contribution in [0, 0.1) is 0 Å². The lowest BCUT2D eigenvalue weighted by atomic mass is 10.2. The molecular weight excluding hydrogens is 296 g/mol. The molecule has 0 atom stereocenters. The first kappa shape index (κ1) is 14.6. The molecule has 0 radical (unpaired) electrons. The molecule has 0 aliphatic carbocycles. The van der Waals surface area contributed by atoms with Crippen molar-refractivity contribution in [2.75, 3.05) is 7.11 Å². The van der Waals surface area contributed by atoms with Crippen LogP contribution in [-0.4, -0.2) is 24.3 Å². The van der Waals surface area contributed by atoms with E-state index in [0.29, 0.717) is 16.9 Å². The summed E-state index contributed by atoms with van der Waals surface area (Å²) in [7, 11) is 1.46. The quantitative estimate of drug-likeness (QED) is 0.573. The third-order valence-electron chi connectivity index (χ3n) is 3.27. The Morgan fingerprint density at radius 1 is 1.26 bits per heavy atom. The van der Waals surface area contributed by atoms with Gasteiger partial charge in [-0.2, -0.15) is 5.10 Å². The van der Waals surface area contributed by atoms with Crippen molar-refractivity contribution in [3.63, 3.8) is 0 Å². The number of methoxy groups -OCH3 is 1. The van der Waals surface area contributed by atoms with Crippen LogP contribution in [0.2, 0.25) is 0 Å². The Morgan fingerprint density at radius 2 is 2.09 bits per heavy atom. The Balaban J connectivity index is 1.73. The molecule has 6 heteroatoms. The standard InChI is InChI=1S/C17H14N2O4/c1-22-14-8-4-6-12(16(14)20)10-18-19-17(21)15-9-11-5-2-3-7-13(11)23-15/h2-10,20H,1H3,(H,19,21)/b18-10-. The summed E-state index contributed by atoms with van der Waals surface area (Å²) in [5.41, 5.74) is 3.41. The molecule has 3 aromatic rings. The predicted octanol–water partition coefficient (Wildman–Crippen LogP) is 2.91. The predicted molar refractivity (Wildman–Crippen MR) is 85.9 cm³/mol. The number of amides is 1. The van der Waals surface area contributed by atoms with Crippen molar-refractivity contribution in [2.24, 2.45) is 5.10 Å². The van der Waals surface area contributed by atoms with E-state index >= 15 is 0 Å². The smallest absolute Gasteiger partial charge is 0.307 e. The zero-order valence-electron chi connectivity index (χ0n) is 12.3. The molecule has 1 heterocycles. The summed E-state index contributed by atoms with van der Waals surface area (Å²) in [6.07, 6.45) is 1.33. The van der Waals surface area contributed by atoms with Crippen LogP contribution in [0.1, 0.15) is 16.1 Å². The number of nitrogens with one attached hydrogen (secondary N) is 1. The third kappa shape index (κ3) is 3.01. The molecule has 2 aromatic carbocycles. The molecule has 0 fully saturated rings. The number of aromatic hydroxyl groups is 1. The van der Waals surface area contributed by atoms with E-state index < -0.39 is 5.91 Å². The SMILES string of the molecule is COc1cccc(/C=N\NC(=O)c2cc3ccccc3o2)c1O. The molecule has 116 valence electrons. The van der Waals surface area contributed by atoms with Gasteiger partial charge in [-0.15, -0.1) is 0 Å². The van der Waals surface area contributed by atoms with Crippen LogP contribution in [0.3, 0.4) is 0 Å². The fourth-order valence-electron chi connectivity index (χ4n) is 2.12. The Labute approximate surface area is 132 Å². The van der Waals surface area contributed by atoms with Crippen LogP contribution >= 0.6 is 0 Å². The highest BCUT2D eigenvalue weighted by Crippen LogP contribution is 2.27. The molecule has 0 saturated heterocycles. The number of carbonyl (C=O) groups excluding carboxylic acids is 1. The maximum atomic E-state index is 12.0. The lowest BCUT2D eigenvalue weighted by Crippen LogP contribution is -2.16. The number of para-hydroxylation sites is 2. The van der Waals surface area contributed by atoms with Crippen LogP contribution in [0.25, 0.3) is 11.0 Å². The number of hydrogen-bond acceptors (Lipinski definition) is 5. The van der Waals surface area contributed by atoms with E-state index in [0.717, 1.165) is 5.39 Å². The molecule has 0 bridgehead atoms. The highest BCUT2D eigenvalue weighted by Gasteiger charge is 2.11. The van der Waals surface area contributed by atoms with E-state index in [1.165, 1.54) is 13.3 Å². The molecule has 0 aliphatic rings. The summed E-state index contributed by atoms with van der Waals surface area (Å²) >= 11 is 0. The van der Waals surface area contributed by atoms with Crippen LogP contribution < -0.4 is 10.2 Å². The number of carbonyl (C=O) groups is 1. The summed E-state index contributed by atoms with van der Waals surface area (Å²) in [4.78, 5) is 12.0. The average molecular weight is 310 g/mol. The Hall–Kier alpha value is -3.28. The van der Waals surface area contributed by atoms with Crippen LogP contribution in [0.4, 0.5) is 0 Å². The first-order valence-electron chi connectivity index (χ1n) is 6.87. The van der Waals surface area contributed by atoms with Crippen LogP contribution in [0.15, 0.2) is 58.0 Å². The van der Waals surface area contributed by atoms with Crippen molar-refractivity contribution < 1.29 is 19.1 Å². The number of fused-ring (bicyclic) bond motifs is 1. The monoisotopic (exact) mass is 310 g/mol. The zero-order valence-corrected chi connectivity index (χ0v) is 12.3. The lowest BCUT2D eigenvalue weighted by molar-refractivity contribution is 0.0929. The molecular formula is C17H14N2O4. The van der Waals surface area contributed by atoms with Gasteiger partial charge in [-0.1, -0.05) is 24.3 Å². The third-order valence-corrected chi connectivity index (χ3v) is 3.27. The van der Waals surface area contributed by atoms with Gasteiger partial charge in [0.05, 0.1) is 13.3 Å². The Morgan fingerprint density at radius 3 is 2.87 bits per heavy atom. The number of ether oxygens (including phenoxy) is 1. The molecule has 0 saturated carbocycles. The molecule has 3 rings (SSSR count). The van der Waals surface area contributed by atoms with E-state index in [9.17, 15) is 9.90 Å². The van der Waals surface area contributed by atoms with Crippen molar-refractivity contribution in [1.82, 2.24) is 5.43 Å². The minimum Gasteiger partial charge on any atom is -0.504 e. The van der Waals surface area contributed by atoms with Gasteiger partial charge in [-0.3, -0.25) is 4.79 Å². The Kier molecular flexibility index (Phi) is 3.97. The minimum absolute atomic E-state index is 0.0447. The van der Waals surface area contributed by atoms with Gasteiger partial charge in [0.25, 0.3) is 0 Å². The number of benzene rings is 2. The Bertz CT molecular complexity index is 850. The van der Waals surface area contributed by atoms with E-state index in [1.54, 1.807) is 30.3 Å². The van der Waals surface area contributed by atoms with Crippen molar-refractivity contribution in [3.05, 3.63) is 59.9 Å². The number of furan rings is 1. The van der Waals surface area contributed by atoms with Crippen molar-refractivity contribution in [2.45, 2.75) is 0 Å². The molecule has 6 nitrogen and oxygen atoms in total. The average Bonchev–Trinajstić information content (AvgIpc) is 3.00. The lowest BCUT2D eigenvalue weighted by Gasteiger charge is -2.04. The van der Waals surface area contributed by atoms with Gasteiger partial charge >= 0.3 is 5.91 Å². The van der Waals surface area contributed by atoms with Crippen molar-refractivity contribution >= 4 is 23.1 Å². The van der Waals surface area contributed by atoms with Crippen molar-refractivity contribution in [1.29, 1.82) is 0 Å². The van der Waals surface area contributed by atoms with Crippen LogP contribution in [-0.2, 0) is 0 Å². The number of rotatable bonds is 4. The van der Waals surface area contributed by atoms with Gasteiger partial charge in [0.2, 0.25) is 0 Å². The summed E-state index contributed by atoms with van der Waals surface area (Å²) in [5.74, 6) is -0.0210. The second-order valence-electron chi connectivity index (χ2n) is 4.75. The maximum absolute atomic E-state index is 12.0. The summed E-state index contributed by atoms with van der Waals surface area (Å²) in [6.45, 7) is 0. The maximum Gasteiger partial charge on any atom is 0.307 e. The fourth-order valence-corrected chi connectivity index (χ4v) is 2.12. The summed E-state index contributed by atoms with van der Waals surface area (Å²) < 4.78 is 10.4. The molecule has 0 aliphatic heterocycles. The van der Waals surface area contributed by atoms with Gasteiger partial charge in [0, 0.05) is 10.9 Å². The number of nitrogens with zero attached hydrogens (tertiary/aromatic N) is 1. The van der Waals surface area contributed by atoms with Gasteiger partial charge < -0.3 is 14.3 Å². The summed E-state index contributed by atoms with van der Waals surface area (Å²) in [5, 5.41) is 14.6. The molecule has 1 aromatic heterocycles. The number of hydrogen-bond donors (Lipinski definition) is 2. The van der Waals surface area contributed by atoms with Gasteiger partial charge in [0.15, 0.2) is 17.3 Å². The van der Waals surface area contributed by atoms with Crippen LogP contribution in [0.5, 0.6) is 11.5 Å². The second kappa shape index (κ2) is 6.23. The van der Waals surface area contributed by atoms with Gasteiger partial charge in [-0.25, -0.2) is 5.43 Å². The van der Waals surface area contributed by atoms with E-state index in [4.69, 9.17) is 9.15 Å². The normalized spacial score (nSPS) is 11.0. The second-order valence-corrected chi connectivity index (χ2v) is 4.75. The highest BCUT2D eigenvalue weighted by molar-refractivity contribution is 5.96. The van der Waals surface area contributed by atoms with Crippen molar-refractivity contribution in [3.8, 4) is 11.5 Å². The summed E-state index contributed by atoms with van der Waals surface area (Å²) in [6, 6.07) is 14.0. The molecule has 2 N–H and O–H groups in total. The largest absolute Gasteiger partial charge is 0.504 e. The number of hydrazone groups is 1. The highest BCUT2D eigenvalue weighted by atomic mass is 16.5. The van der Waals surface area contributed by atoms with Gasteiger partial charge in [-0.05, 0) is 24.3 Å². The first-order valence-corrected chi connectivity index (χ1v) is 6.87. The van der Waals surface area contributed by atoms with E-state index in [1.807, 2.05) is 18.2 Å². The molecule has 0 unspecified atom stereocenters. The number of phenols is 1. The van der Waals surface area contributed by atoms with E-state index in [2.05, 4.69) is 10.5 Å². The number of phenolic OH excluding ortho intramolecular Hbond substituents is 1. The minimum atomic E-state index is -0.472.